The molecule has 1 aromatic carbocycles. The fraction of sp³-hybridized carbons (Fsp3) is 0.100. The van der Waals surface area contributed by atoms with Crippen molar-refractivity contribution >= 4 is 16.8 Å². The molecule has 0 radical (unpaired) electrons. The Hall–Kier alpha value is -1.64. The van der Waals surface area contributed by atoms with E-state index < -0.39 is 0 Å². The summed E-state index contributed by atoms with van der Waals surface area (Å²) in [5.74, 6) is -0.371. The van der Waals surface area contributed by atoms with Gasteiger partial charge in [0.2, 0.25) is 0 Å². The van der Waals surface area contributed by atoms with Crippen molar-refractivity contribution in [1.82, 2.24) is 0 Å². The second kappa shape index (κ2) is 2.69. The molecule has 0 amide bonds. The van der Waals surface area contributed by atoms with Crippen LogP contribution in [0.4, 0.5) is 4.39 Å². The van der Waals surface area contributed by atoms with Crippen molar-refractivity contribution in [3.05, 3.63) is 35.8 Å². The molecule has 0 aliphatic rings. The molecule has 0 saturated carbocycles. The normalized spacial score (nSPS) is 10.6. The highest BCUT2D eigenvalue weighted by molar-refractivity contribution is 5.96. The van der Waals surface area contributed by atoms with Gasteiger partial charge in [-0.1, -0.05) is 6.07 Å². The molecule has 0 aliphatic heterocycles. The molecule has 0 bridgehead atoms. The molecular weight excluding hydrogens is 171 g/mol. The zero-order chi connectivity index (χ0) is 9.42. The minimum atomic E-state index is -0.367. The summed E-state index contributed by atoms with van der Waals surface area (Å²) in [7, 11) is 0. The summed E-state index contributed by atoms with van der Waals surface area (Å²) in [5, 5.41) is 0.354. The van der Waals surface area contributed by atoms with E-state index in [9.17, 15) is 9.18 Å². The van der Waals surface area contributed by atoms with E-state index in [-0.39, 0.29) is 17.4 Å². The number of halogens is 1. The Morgan fingerprint density at radius 3 is 2.85 bits per heavy atom. The summed E-state index contributed by atoms with van der Waals surface area (Å²) < 4.78 is 18.2. The molecule has 66 valence electrons. The molecule has 0 aliphatic carbocycles. The number of hydrogen-bond acceptors (Lipinski definition) is 2. The maximum absolute atomic E-state index is 13.1. The Morgan fingerprint density at radius 2 is 2.23 bits per heavy atom. The van der Waals surface area contributed by atoms with Crippen LogP contribution in [0.15, 0.2) is 28.7 Å². The smallest absolute Gasteiger partial charge is 0.194 e. The van der Waals surface area contributed by atoms with Crippen LogP contribution in [0.25, 0.3) is 11.0 Å². The highest BCUT2D eigenvalue weighted by Crippen LogP contribution is 2.21. The third-order valence-corrected chi connectivity index (χ3v) is 1.86. The zero-order valence-corrected chi connectivity index (χ0v) is 7.00. The lowest BCUT2D eigenvalue weighted by atomic mass is 10.2. The van der Waals surface area contributed by atoms with Gasteiger partial charge in [0.25, 0.3) is 0 Å². The van der Waals surface area contributed by atoms with E-state index >= 15 is 0 Å². The highest BCUT2D eigenvalue weighted by atomic mass is 19.1. The molecule has 2 rings (SSSR count). The summed E-state index contributed by atoms with van der Waals surface area (Å²) in [6, 6.07) is 5.94. The van der Waals surface area contributed by atoms with Crippen LogP contribution in [0, 0.1) is 5.82 Å². The summed E-state index contributed by atoms with van der Waals surface area (Å²) in [6.45, 7) is 1.38. The fourth-order valence-electron chi connectivity index (χ4n) is 1.20. The molecule has 3 heteroatoms. The molecule has 0 N–H and O–H groups in total. The van der Waals surface area contributed by atoms with Crippen LogP contribution in [0.5, 0.6) is 0 Å². The summed E-state index contributed by atoms with van der Waals surface area (Å²) in [5.41, 5.74) is 0.408. The number of rotatable bonds is 1. The van der Waals surface area contributed by atoms with Gasteiger partial charge in [-0.15, -0.1) is 0 Å². The van der Waals surface area contributed by atoms with Crippen LogP contribution < -0.4 is 0 Å². The Labute approximate surface area is 74.0 Å². The van der Waals surface area contributed by atoms with Gasteiger partial charge in [0.05, 0.1) is 5.39 Å². The predicted octanol–water partition coefficient (Wildman–Crippen LogP) is 2.77. The van der Waals surface area contributed by atoms with Crippen LogP contribution in [0.1, 0.15) is 17.5 Å². The number of Topliss-reactive ketones (excluding diaryl/α,β-unsaturated/α-hetero) is 1. The molecular formula is C10H7FO2. The number of hydrogen-bond donors (Lipinski definition) is 0. The van der Waals surface area contributed by atoms with Gasteiger partial charge in [-0.2, -0.15) is 0 Å². The maximum Gasteiger partial charge on any atom is 0.194 e. The van der Waals surface area contributed by atoms with Gasteiger partial charge in [0.1, 0.15) is 11.4 Å². The van der Waals surface area contributed by atoms with E-state index in [0.717, 1.165) is 0 Å². The lowest BCUT2D eigenvalue weighted by Crippen LogP contribution is -1.85. The van der Waals surface area contributed by atoms with Crippen molar-refractivity contribution in [1.29, 1.82) is 0 Å². The van der Waals surface area contributed by atoms with Gasteiger partial charge >= 0.3 is 0 Å². The molecule has 2 aromatic rings. The second-order valence-corrected chi connectivity index (χ2v) is 2.82. The zero-order valence-electron chi connectivity index (χ0n) is 7.00. The van der Waals surface area contributed by atoms with Crippen LogP contribution in [0.3, 0.4) is 0 Å². The van der Waals surface area contributed by atoms with Gasteiger partial charge in [0.15, 0.2) is 11.5 Å². The van der Waals surface area contributed by atoms with E-state index in [4.69, 9.17) is 4.42 Å². The Morgan fingerprint density at radius 1 is 1.46 bits per heavy atom. The average Bonchev–Trinajstić information content (AvgIpc) is 2.49. The van der Waals surface area contributed by atoms with E-state index in [1.807, 2.05) is 0 Å². The number of carbonyl (C=O) groups excluding carboxylic acids is 1. The third kappa shape index (κ3) is 1.22. The lowest BCUT2D eigenvalue weighted by molar-refractivity contribution is 0.0989. The molecule has 1 heterocycles. The average molecular weight is 178 g/mol. The fourth-order valence-corrected chi connectivity index (χ4v) is 1.20. The first-order valence-electron chi connectivity index (χ1n) is 3.87. The summed E-state index contributed by atoms with van der Waals surface area (Å²) in [4.78, 5) is 10.9. The first-order valence-corrected chi connectivity index (χ1v) is 3.87. The van der Waals surface area contributed by atoms with Crippen molar-refractivity contribution in [3.63, 3.8) is 0 Å². The quantitative estimate of drug-likeness (QED) is 0.628. The maximum atomic E-state index is 13.1. The largest absolute Gasteiger partial charge is 0.453 e. The van der Waals surface area contributed by atoms with Crippen LogP contribution in [-0.2, 0) is 0 Å². The lowest BCUT2D eigenvalue weighted by Gasteiger charge is -1.87. The standard InChI is InChI=1S/C10H7FO2/c1-6(12)10-5-7-8(11)3-2-4-9(7)13-10/h2-5H,1H3. The minimum Gasteiger partial charge on any atom is -0.453 e. The summed E-state index contributed by atoms with van der Waals surface area (Å²) in [6.07, 6.45) is 0. The molecule has 0 spiro atoms. The van der Waals surface area contributed by atoms with Crippen molar-refractivity contribution in [3.8, 4) is 0 Å². The molecule has 13 heavy (non-hydrogen) atoms. The van der Waals surface area contributed by atoms with Crippen molar-refractivity contribution in [2.24, 2.45) is 0 Å². The molecule has 0 saturated heterocycles. The van der Waals surface area contributed by atoms with Crippen LogP contribution in [-0.4, -0.2) is 5.78 Å². The Kier molecular flexibility index (Phi) is 1.65. The third-order valence-electron chi connectivity index (χ3n) is 1.86. The van der Waals surface area contributed by atoms with E-state index in [2.05, 4.69) is 0 Å². The number of carbonyl (C=O) groups is 1. The molecule has 0 fully saturated rings. The van der Waals surface area contributed by atoms with E-state index in [1.165, 1.54) is 19.1 Å². The van der Waals surface area contributed by atoms with Crippen LogP contribution >= 0.6 is 0 Å². The topological polar surface area (TPSA) is 30.2 Å². The number of fused-ring (bicyclic) bond motifs is 1. The van der Waals surface area contributed by atoms with Gasteiger partial charge in [0, 0.05) is 6.92 Å². The molecule has 2 nitrogen and oxygen atoms in total. The predicted molar refractivity (Wildman–Crippen MR) is 46.2 cm³/mol. The molecule has 0 unspecified atom stereocenters. The number of benzene rings is 1. The van der Waals surface area contributed by atoms with Crippen molar-refractivity contribution < 1.29 is 13.6 Å². The van der Waals surface area contributed by atoms with Crippen molar-refractivity contribution in [2.45, 2.75) is 6.92 Å². The Bertz CT molecular complexity index is 471. The molecule has 1 aromatic heterocycles. The van der Waals surface area contributed by atoms with Gasteiger partial charge in [-0.3, -0.25) is 4.79 Å². The molecule has 0 atom stereocenters. The van der Waals surface area contributed by atoms with Crippen LogP contribution in [0.2, 0.25) is 0 Å². The van der Waals surface area contributed by atoms with Gasteiger partial charge in [-0.25, -0.2) is 4.39 Å². The highest BCUT2D eigenvalue weighted by Gasteiger charge is 2.09. The second-order valence-electron chi connectivity index (χ2n) is 2.82. The van der Waals surface area contributed by atoms with E-state index in [1.54, 1.807) is 12.1 Å². The summed E-state index contributed by atoms with van der Waals surface area (Å²) >= 11 is 0. The monoisotopic (exact) mass is 178 g/mol. The van der Waals surface area contributed by atoms with E-state index in [0.29, 0.717) is 11.0 Å². The first kappa shape index (κ1) is 7.98. The van der Waals surface area contributed by atoms with Crippen molar-refractivity contribution in [2.75, 3.05) is 0 Å². The first-order chi connectivity index (χ1) is 6.18. The SMILES string of the molecule is CC(=O)c1cc2c(F)cccc2o1. The number of ketones is 1. The Balaban J connectivity index is 2.75. The van der Waals surface area contributed by atoms with Gasteiger partial charge in [-0.05, 0) is 18.2 Å². The number of furan rings is 1. The minimum absolute atomic E-state index is 0.195. The van der Waals surface area contributed by atoms with Gasteiger partial charge < -0.3 is 4.42 Å².